The molecule has 1 aliphatic rings. The van der Waals surface area contributed by atoms with Crippen molar-refractivity contribution < 1.29 is 9.59 Å². The van der Waals surface area contributed by atoms with Gasteiger partial charge in [0.25, 0.3) is 5.91 Å². The highest BCUT2D eigenvalue weighted by molar-refractivity contribution is 6.16. The van der Waals surface area contributed by atoms with Crippen LogP contribution in [0.5, 0.6) is 0 Å². The van der Waals surface area contributed by atoms with Gasteiger partial charge in [-0.05, 0) is 36.2 Å². The van der Waals surface area contributed by atoms with Gasteiger partial charge in [-0.2, -0.15) is 0 Å². The van der Waals surface area contributed by atoms with E-state index in [1.807, 2.05) is 67.4 Å². The monoisotopic (exact) mass is 414 g/mol. The van der Waals surface area contributed by atoms with Crippen molar-refractivity contribution in [3.05, 3.63) is 84.1 Å². The lowest BCUT2D eigenvalue weighted by Crippen LogP contribution is -2.51. The predicted molar refractivity (Wildman–Crippen MR) is 123 cm³/mol. The van der Waals surface area contributed by atoms with Crippen molar-refractivity contribution in [2.45, 2.75) is 32.4 Å². The fourth-order valence-electron chi connectivity index (χ4n) is 3.89. The van der Waals surface area contributed by atoms with Gasteiger partial charge in [-0.1, -0.05) is 55.8 Å². The zero-order chi connectivity index (χ0) is 21.8. The summed E-state index contributed by atoms with van der Waals surface area (Å²) in [7, 11) is 1.97. The van der Waals surface area contributed by atoms with Crippen LogP contribution < -0.4 is 15.1 Å². The van der Waals surface area contributed by atoms with Crippen LogP contribution in [0.2, 0.25) is 0 Å². The minimum Gasteiger partial charge on any atom is -0.355 e. The Bertz CT molecular complexity index is 1070. The molecule has 1 unspecified atom stereocenters. The summed E-state index contributed by atoms with van der Waals surface area (Å²) in [6.07, 6.45) is 2.99. The number of aromatic nitrogens is 1. The third kappa shape index (κ3) is 4.28. The Morgan fingerprint density at radius 3 is 2.52 bits per heavy atom. The lowest BCUT2D eigenvalue weighted by atomic mass is 10.0. The molecule has 0 aliphatic carbocycles. The molecule has 0 saturated carbocycles. The van der Waals surface area contributed by atoms with Gasteiger partial charge in [-0.15, -0.1) is 0 Å². The second-order valence-electron chi connectivity index (χ2n) is 7.73. The Labute approximate surface area is 182 Å². The summed E-state index contributed by atoms with van der Waals surface area (Å²) in [4.78, 5) is 34.3. The van der Waals surface area contributed by atoms with Gasteiger partial charge >= 0.3 is 0 Å². The SMILES string of the molecule is CCCC1C(=O)Nc2ccccc2N1C(=O)c1ccc(N(C)Cc2ccccc2)nc1. The Morgan fingerprint density at radius 1 is 1.06 bits per heavy atom. The van der Waals surface area contributed by atoms with E-state index in [1.54, 1.807) is 17.2 Å². The molecule has 0 spiro atoms. The Kier molecular flexibility index (Phi) is 5.98. The number of amides is 2. The molecule has 6 heteroatoms. The quantitative estimate of drug-likeness (QED) is 0.646. The number of para-hydroxylation sites is 2. The van der Waals surface area contributed by atoms with Crippen molar-refractivity contribution in [3.8, 4) is 0 Å². The van der Waals surface area contributed by atoms with Crippen LogP contribution in [0.1, 0.15) is 35.7 Å². The first-order valence-corrected chi connectivity index (χ1v) is 10.5. The van der Waals surface area contributed by atoms with Crippen LogP contribution in [0, 0.1) is 0 Å². The molecule has 1 N–H and O–H groups in total. The van der Waals surface area contributed by atoms with Crippen molar-refractivity contribution in [1.29, 1.82) is 0 Å². The van der Waals surface area contributed by atoms with Gasteiger partial charge in [0.2, 0.25) is 5.91 Å². The number of carbonyl (C=O) groups is 2. The summed E-state index contributed by atoms with van der Waals surface area (Å²) >= 11 is 0. The molecular formula is C25H26N4O2. The smallest absolute Gasteiger partial charge is 0.260 e. The molecule has 158 valence electrons. The molecule has 6 nitrogen and oxygen atoms in total. The fraction of sp³-hybridized carbons (Fsp3) is 0.240. The molecule has 0 fully saturated rings. The first kappa shape index (κ1) is 20.6. The second-order valence-corrected chi connectivity index (χ2v) is 7.73. The molecule has 0 bridgehead atoms. The average molecular weight is 415 g/mol. The molecular weight excluding hydrogens is 388 g/mol. The van der Waals surface area contributed by atoms with Crippen molar-refractivity contribution in [2.75, 3.05) is 22.2 Å². The maximum absolute atomic E-state index is 13.5. The normalized spacial score (nSPS) is 15.2. The van der Waals surface area contributed by atoms with E-state index in [1.165, 1.54) is 5.56 Å². The molecule has 1 aliphatic heterocycles. The van der Waals surface area contributed by atoms with Crippen LogP contribution in [-0.4, -0.2) is 29.9 Å². The summed E-state index contributed by atoms with van der Waals surface area (Å²) in [5.74, 6) is 0.411. The van der Waals surface area contributed by atoms with E-state index < -0.39 is 6.04 Å². The van der Waals surface area contributed by atoms with E-state index in [4.69, 9.17) is 0 Å². The molecule has 0 saturated heterocycles. The number of pyridine rings is 1. The number of benzene rings is 2. The Morgan fingerprint density at radius 2 is 1.81 bits per heavy atom. The van der Waals surface area contributed by atoms with Crippen LogP contribution in [0.15, 0.2) is 72.9 Å². The van der Waals surface area contributed by atoms with E-state index in [-0.39, 0.29) is 11.8 Å². The average Bonchev–Trinajstić information content (AvgIpc) is 2.80. The van der Waals surface area contributed by atoms with Gasteiger partial charge in [-0.25, -0.2) is 4.98 Å². The molecule has 1 aromatic heterocycles. The summed E-state index contributed by atoms with van der Waals surface area (Å²) in [6, 6.07) is 20.7. The number of anilines is 3. The standard InChI is InChI=1S/C25H26N4O2/c1-3-9-22-24(30)27-20-12-7-8-13-21(20)29(22)25(31)19-14-15-23(26-16-19)28(2)17-18-10-5-4-6-11-18/h4-8,10-16,22H,3,9,17H2,1-2H3,(H,27,30). The van der Waals surface area contributed by atoms with Gasteiger partial charge < -0.3 is 10.2 Å². The third-order valence-electron chi connectivity index (χ3n) is 5.47. The third-order valence-corrected chi connectivity index (χ3v) is 5.47. The van der Waals surface area contributed by atoms with Gasteiger partial charge in [0, 0.05) is 19.8 Å². The van der Waals surface area contributed by atoms with Gasteiger partial charge in [0.1, 0.15) is 11.9 Å². The first-order chi connectivity index (χ1) is 15.1. The lowest BCUT2D eigenvalue weighted by Gasteiger charge is -2.36. The number of fused-ring (bicyclic) bond motifs is 1. The number of nitrogens with zero attached hydrogens (tertiary/aromatic N) is 3. The van der Waals surface area contributed by atoms with Crippen LogP contribution in [0.3, 0.4) is 0 Å². The lowest BCUT2D eigenvalue weighted by molar-refractivity contribution is -0.117. The molecule has 1 atom stereocenters. The van der Waals surface area contributed by atoms with Gasteiger partial charge in [-0.3, -0.25) is 14.5 Å². The van der Waals surface area contributed by atoms with Crippen molar-refractivity contribution in [2.24, 2.45) is 0 Å². The van der Waals surface area contributed by atoms with Crippen molar-refractivity contribution in [1.82, 2.24) is 4.98 Å². The minimum atomic E-state index is -0.534. The topological polar surface area (TPSA) is 65.5 Å². The van der Waals surface area contributed by atoms with Gasteiger partial charge in [0.05, 0.1) is 16.9 Å². The number of hydrogen-bond donors (Lipinski definition) is 1. The Hall–Kier alpha value is -3.67. The van der Waals surface area contributed by atoms with Crippen LogP contribution in [0.4, 0.5) is 17.2 Å². The molecule has 2 aromatic carbocycles. The summed E-state index contributed by atoms with van der Waals surface area (Å²) in [6.45, 7) is 2.73. The van der Waals surface area contributed by atoms with Crippen LogP contribution >= 0.6 is 0 Å². The summed E-state index contributed by atoms with van der Waals surface area (Å²) in [5, 5.41) is 2.92. The second kappa shape index (κ2) is 9.00. The highest BCUT2D eigenvalue weighted by atomic mass is 16.2. The zero-order valence-corrected chi connectivity index (χ0v) is 17.8. The molecule has 0 radical (unpaired) electrons. The van der Waals surface area contributed by atoms with Crippen LogP contribution in [-0.2, 0) is 11.3 Å². The molecule has 31 heavy (non-hydrogen) atoms. The van der Waals surface area contributed by atoms with E-state index in [2.05, 4.69) is 22.4 Å². The molecule has 2 amide bonds. The minimum absolute atomic E-state index is 0.152. The highest BCUT2D eigenvalue weighted by Gasteiger charge is 2.36. The maximum Gasteiger partial charge on any atom is 0.260 e. The fourth-order valence-corrected chi connectivity index (χ4v) is 3.89. The summed E-state index contributed by atoms with van der Waals surface area (Å²) < 4.78 is 0. The van der Waals surface area contributed by atoms with E-state index in [0.717, 1.165) is 24.5 Å². The first-order valence-electron chi connectivity index (χ1n) is 10.5. The predicted octanol–water partition coefficient (Wildman–Crippen LogP) is 4.49. The highest BCUT2D eigenvalue weighted by Crippen LogP contribution is 2.34. The van der Waals surface area contributed by atoms with E-state index in [9.17, 15) is 9.59 Å². The molecule has 3 aromatic rings. The maximum atomic E-state index is 13.5. The largest absolute Gasteiger partial charge is 0.355 e. The molecule has 2 heterocycles. The van der Waals surface area contributed by atoms with Crippen molar-refractivity contribution >= 4 is 29.0 Å². The number of nitrogens with one attached hydrogen (secondary N) is 1. The zero-order valence-electron chi connectivity index (χ0n) is 17.8. The van der Waals surface area contributed by atoms with E-state index >= 15 is 0 Å². The number of carbonyl (C=O) groups excluding carboxylic acids is 2. The summed E-state index contributed by atoms with van der Waals surface area (Å²) in [5.41, 5.74) is 3.02. The number of rotatable bonds is 6. The van der Waals surface area contributed by atoms with Crippen LogP contribution in [0.25, 0.3) is 0 Å². The number of hydrogen-bond acceptors (Lipinski definition) is 4. The van der Waals surface area contributed by atoms with E-state index in [0.29, 0.717) is 17.7 Å². The molecule has 4 rings (SSSR count). The van der Waals surface area contributed by atoms with Gasteiger partial charge in [0.15, 0.2) is 0 Å². The van der Waals surface area contributed by atoms with Crippen molar-refractivity contribution in [3.63, 3.8) is 0 Å². The Balaban J connectivity index is 1.58.